The third-order valence-corrected chi connectivity index (χ3v) is 3.58. The Kier molecular flexibility index (Phi) is 3.73. The molecule has 0 aliphatic carbocycles. The van der Waals surface area contributed by atoms with Crippen LogP contribution in [-0.2, 0) is 0 Å². The second-order valence-corrected chi connectivity index (χ2v) is 4.97. The lowest BCUT2D eigenvalue weighted by Gasteiger charge is -2.07. The number of halogens is 4. The number of nitrogens with two attached hydrogens (primary N) is 1. The topological polar surface area (TPSA) is 26.0 Å². The van der Waals surface area contributed by atoms with Crippen molar-refractivity contribution in [2.45, 2.75) is 9.79 Å². The Morgan fingerprint density at radius 2 is 1.67 bits per heavy atom. The summed E-state index contributed by atoms with van der Waals surface area (Å²) in [4.78, 5) is 0.595. The molecule has 2 aromatic carbocycles. The van der Waals surface area contributed by atoms with E-state index in [1.54, 1.807) is 0 Å². The molecule has 0 bridgehead atoms. The van der Waals surface area contributed by atoms with Crippen molar-refractivity contribution in [3.8, 4) is 0 Å². The van der Waals surface area contributed by atoms with E-state index >= 15 is 0 Å². The average Bonchev–Trinajstić information content (AvgIpc) is 2.29. The molecule has 0 saturated heterocycles. The minimum atomic E-state index is -0.708. The summed E-state index contributed by atoms with van der Waals surface area (Å²) < 4.78 is 39.3. The van der Waals surface area contributed by atoms with Crippen LogP contribution >= 0.6 is 23.4 Å². The lowest BCUT2D eigenvalue weighted by atomic mass is 10.3. The van der Waals surface area contributed by atoms with Crippen LogP contribution in [-0.4, -0.2) is 0 Å². The Labute approximate surface area is 111 Å². The standard InChI is InChI=1S/C12H7ClF3NS/c13-7-4-12(10(17)5-8(7)15)18-11-2-1-6(14)3-9(11)16/h1-5H,17H2. The first kappa shape index (κ1) is 13.1. The van der Waals surface area contributed by atoms with Crippen LogP contribution in [0.25, 0.3) is 0 Å². The van der Waals surface area contributed by atoms with E-state index in [2.05, 4.69) is 0 Å². The summed E-state index contributed by atoms with van der Waals surface area (Å²) in [5.41, 5.74) is 5.75. The van der Waals surface area contributed by atoms with Crippen LogP contribution in [0.1, 0.15) is 0 Å². The van der Waals surface area contributed by atoms with Gasteiger partial charge in [0, 0.05) is 21.5 Å². The summed E-state index contributed by atoms with van der Waals surface area (Å²) in [5, 5.41) is -0.103. The smallest absolute Gasteiger partial charge is 0.143 e. The number of hydrogen-bond donors (Lipinski definition) is 1. The van der Waals surface area contributed by atoms with Crippen LogP contribution in [0.3, 0.4) is 0 Å². The van der Waals surface area contributed by atoms with Gasteiger partial charge < -0.3 is 5.73 Å². The van der Waals surface area contributed by atoms with Crippen LogP contribution in [0.5, 0.6) is 0 Å². The average molecular weight is 290 g/mol. The molecule has 2 N–H and O–H groups in total. The largest absolute Gasteiger partial charge is 0.398 e. The Hall–Kier alpha value is -1.33. The third kappa shape index (κ3) is 2.73. The number of rotatable bonds is 2. The number of anilines is 1. The van der Waals surface area contributed by atoms with Crippen LogP contribution < -0.4 is 5.73 Å². The zero-order valence-corrected chi connectivity index (χ0v) is 10.5. The summed E-state index contributed by atoms with van der Waals surface area (Å²) in [5.74, 6) is -2.01. The summed E-state index contributed by atoms with van der Waals surface area (Å²) in [6, 6.07) is 5.55. The molecule has 0 fully saturated rings. The molecule has 2 aromatic rings. The quantitative estimate of drug-likeness (QED) is 0.824. The third-order valence-electron chi connectivity index (χ3n) is 2.17. The molecule has 0 heterocycles. The van der Waals surface area contributed by atoms with Crippen molar-refractivity contribution >= 4 is 29.1 Å². The van der Waals surface area contributed by atoms with Crippen molar-refractivity contribution in [1.29, 1.82) is 0 Å². The van der Waals surface area contributed by atoms with Crippen molar-refractivity contribution in [2.75, 3.05) is 5.73 Å². The molecule has 0 saturated carbocycles. The van der Waals surface area contributed by atoms with Gasteiger partial charge in [0.2, 0.25) is 0 Å². The monoisotopic (exact) mass is 289 g/mol. The Bertz CT molecular complexity index is 604. The summed E-state index contributed by atoms with van der Waals surface area (Å²) >= 11 is 6.57. The highest BCUT2D eigenvalue weighted by Gasteiger charge is 2.11. The zero-order chi connectivity index (χ0) is 13.3. The van der Waals surface area contributed by atoms with Crippen LogP contribution in [0.2, 0.25) is 5.02 Å². The van der Waals surface area contributed by atoms with Gasteiger partial charge in [-0.2, -0.15) is 0 Å². The van der Waals surface area contributed by atoms with Gasteiger partial charge in [-0.1, -0.05) is 23.4 Å². The normalized spacial score (nSPS) is 10.7. The maximum absolute atomic E-state index is 13.4. The highest BCUT2D eigenvalue weighted by Crippen LogP contribution is 2.36. The Morgan fingerprint density at radius 1 is 0.944 bits per heavy atom. The molecule has 0 radical (unpaired) electrons. The van der Waals surface area contributed by atoms with Gasteiger partial charge in [-0.25, -0.2) is 13.2 Å². The fourth-order valence-corrected chi connectivity index (χ4v) is 2.42. The molecule has 0 aliphatic rings. The van der Waals surface area contributed by atoms with Gasteiger partial charge in [0.25, 0.3) is 0 Å². The van der Waals surface area contributed by atoms with E-state index in [-0.39, 0.29) is 15.6 Å². The van der Waals surface area contributed by atoms with Gasteiger partial charge in [0.15, 0.2) is 0 Å². The minimum Gasteiger partial charge on any atom is -0.398 e. The van der Waals surface area contributed by atoms with Gasteiger partial charge >= 0.3 is 0 Å². The van der Waals surface area contributed by atoms with Gasteiger partial charge in [-0.3, -0.25) is 0 Å². The van der Waals surface area contributed by atoms with Crippen molar-refractivity contribution in [3.05, 3.63) is 52.8 Å². The predicted molar refractivity (Wildman–Crippen MR) is 66.3 cm³/mol. The maximum Gasteiger partial charge on any atom is 0.143 e. The molecule has 0 aromatic heterocycles. The fraction of sp³-hybridized carbons (Fsp3) is 0. The van der Waals surface area contributed by atoms with Crippen molar-refractivity contribution in [2.24, 2.45) is 0 Å². The van der Waals surface area contributed by atoms with E-state index in [0.717, 1.165) is 30.0 Å². The van der Waals surface area contributed by atoms with Gasteiger partial charge in [0.1, 0.15) is 17.5 Å². The molecule has 0 atom stereocenters. The molecule has 94 valence electrons. The van der Waals surface area contributed by atoms with Crippen molar-refractivity contribution in [1.82, 2.24) is 0 Å². The Morgan fingerprint density at radius 3 is 2.33 bits per heavy atom. The van der Waals surface area contributed by atoms with Crippen LogP contribution in [0.15, 0.2) is 40.1 Å². The second-order valence-electron chi connectivity index (χ2n) is 3.48. The Balaban J connectivity index is 2.37. The van der Waals surface area contributed by atoms with Gasteiger partial charge in [-0.05, 0) is 24.3 Å². The van der Waals surface area contributed by atoms with E-state index in [9.17, 15) is 13.2 Å². The molecular weight excluding hydrogens is 283 g/mol. The van der Waals surface area contributed by atoms with E-state index in [1.165, 1.54) is 12.1 Å². The minimum absolute atomic E-state index is 0.103. The van der Waals surface area contributed by atoms with E-state index in [4.69, 9.17) is 17.3 Å². The number of nitrogen functional groups attached to an aromatic ring is 1. The number of hydrogen-bond acceptors (Lipinski definition) is 2. The molecule has 1 nitrogen and oxygen atoms in total. The highest BCUT2D eigenvalue weighted by atomic mass is 35.5. The molecule has 0 unspecified atom stereocenters. The molecule has 18 heavy (non-hydrogen) atoms. The lowest BCUT2D eigenvalue weighted by Crippen LogP contribution is -1.92. The predicted octanol–water partition coefficient (Wildman–Crippen LogP) is 4.49. The van der Waals surface area contributed by atoms with E-state index < -0.39 is 17.5 Å². The van der Waals surface area contributed by atoms with Gasteiger partial charge in [-0.15, -0.1) is 0 Å². The first-order valence-electron chi connectivity index (χ1n) is 4.85. The molecular formula is C12H7ClF3NS. The molecule has 6 heteroatoms. The van der Waals surface area contributed by atoms with Gasteiger partial charge in [0.05, 0.1) is 5.02 Å². The summed E-state index contributed by atoms with van der Waals surface area (Å²) in [6.45, 7) is 0. The maximum atomic E-state index is 13.4. The van der Waals surface area contributed by atoms with E-state index in [0.29, 0.717) is 4.90 Å². The second kappa shape index (κ2) is 5.12. The van der Waals surface area contributed by atoms with Crippen LogP contribution in [0, 0.1) is 17.5 Å². The highest BCUT2D eigenvalue weighted by molar-refractivity contribution is 7.99. The fourth-order valence-electron chi connectivity index (χ4n) is 1.31. The SMILES string of the molecule is Nc1cc(F)c(Cl)cc1Sc1ccc(F)cc1F. The van der Waals surface area contributed by atoms with Crippen molar-refractivity contribution < 1.29 is 13.2 Å². The molecule has 0 spiro atoms. The zero-order valence-electron chi connectivity index (χ0n) is 8.88. The summed E-state index contributed by atoms with van der Waals surface area (Å²) in [6.07, 6.45) is 0. The first-order chi connectivity index (χ1) is 8.47. The van der Waals surface area contributed by atoms with Crippen LogP contribution in [0.4, 0.5) is 18.9 Å². The van der Waals surface area contributed by atoms with E-state index in [1.807, 2.05) is 0 Å². The summed E-state index contributed by atoms with van der Waals surface area (Å²) in [7, 11) is 0. The molecule has 0 aliphatic heterocycles. The molecule has 0 amide bonds. The lowest BCUT2D eigenvalue weighted by molar-refractivity contribution is 0.566. The number of benzene rings is 2. The van der Waals surface area contributed by atoms with Crippen molar-refractivity contribution in [3.63, 3.8) is 0 Å². The first-order valence-corrected chi connectivity index (χ1v) is 6.04. The molecule has 2 rings (SSSR count).